The molecule has 1 saturated heterocycles. The third kappa shape index (κ3) is 5.48. The number of likely N-dealkylation sites (tertiary alicyclic amines) is 1. The number of benzene rings is 3. The van der Waals surface area contributed by atoms with Crippen LogP contribution in [0.2, 0.25) is 0 Å². The summed E-state index contributed by atoms with van der Waals surface area (Å²) in [5.41, 5.74) is 7.15. The maximum atomic E-state index is 13.3. The van der Waals surface area contributed by atoms with E-state index in [4.69, 9.17) is 4.99 Å². The Morgan fingerprint density at radius 2 is 1.85 bits per heavy atom. The second kappa shape index (κ2) is 11.1. The van der Waals surface area contributed by atoms with E-state index in [2.05, 4.69) is 39.8 Å². The van der Waals surface area contributed by atoms with Crippen LogP contribution in [0.1, 0.15) is 53.0 Å². The number of nitrogens with one attached hydrogen (secondary N) is 2. The van der Waals surface area contributed by atoms with Crippen molar-refractivity contribution in [2.45, 2.75) is 44.6 Å². The zero-order valence-electron chi connectivity index (χ0n) is 22.0. The molecule has 3 aromatic rings. The molecule has 8 nitrogen and oxygen atoms in total. The summed E-state index contributed by atoms with van der Waals surface area (Å²) in [6, 6.07) is 19.0. The zero-order chi connectivity index (χ0) is 26.8. The van der Waals surface area contributed by atoms with Crippen LogP contribution in [0.5, 0.6) is 0 Å². The van der Waals surface area contributed by atoms with E-state index in [0.29, 0.717) is 17.0 Å². The van der Waals surface area contributed by atoms with E-state index in [-0.39, 0.29) is 11.6 Å². The van der Waals surface area contributed by atoms with E-state index in [9.17, 15) is 14.9 Å². The van der Waals surface area contributed by atoms with Gasteiger partial charge < -0.3 is 15.5 Å². The van der Waals surface area contributed by atoms with Gasteiger partial charge in [-0.15, -0.1) is 0 Å². The SMILES string of the molecule is O=C1Nc2ccc([N+](=O)[O-])cc2C1C(=Nc1ccc2c(c1)CCNC2)c1ccc(CCCN2CCCC2)cc1. The first-order chi connectivity index (χ1) is 19.0. The highest BCUT2D eigenvalue weighted by Crippen LogP contribution is 2.38. The maximum Gasteiger partial charge on any atom is 0.269 e. The third-order valence-electron chi connectivity index (χ3n) is 8.06. The van der Waals surface area contributed by atoms with Crippen LogP contribution in [0, 0.1) is 10.1 Å². The van der Waals surface area contributed by atoms with E-state index >= 15 is 0 Å². The number of carbonyl (C=O) groups excluding carboxylic acids is 1. The molecule has 3 heterocycles. The van der Waals surface area contributed by atoms with Gasteiger partial charge in [0.05, 0.1) is 16.3 Å². The molecule has 3 aliphatic rings. The van der Waals surface area contributed by atoms with Crippen LogP contribution >= 0.6 is 0 Å². The molecule has 3 aromatic carbocycles. The highest BCUT2D eigenvalue weighted by atomic mass is 16.6. The van der Waals surface area contributed by atoms with Gasteiger partial charge in [-0.2, -0.15) is 0 Å². The molecule has 1 fully saturated rings. The van der Waals surface area contributed by atoms with Gasteiger partial charge in [-0.1, -0.05) is 30.3 Å². The molecule has 0 radical (unpaired) electrons. The predicted molar refractivity (Wildman–Crippen MR) is 153 cm³/mol. The molecule has 8 heteroatoms. The minimum absolute atomic E-state index is 0.0377. The fourth-order valence-electron chi connectivity index (χ4n) is 5.96. The Bertz CT molecular complexity index is 1430. The summed E-state index contributed by atoms with van der Waals surface area (Å²) in [4.78, 5) is 32.0. The summed E-state index contributed by atoms with van der Waals surface area (Å²) in [6.07, 6.45) is 5.66. The van der Waals surface area contributed by atoms with Gasteiger partial charge in [-0.3, -0.25) is 19.9 Å². The van der Waals surface area contributed by atoms with Gasteiger partial charge in [0, 0.05) is 29.9 Å². The molecule has 39 heavy (non-hydrogen) atoms. The predicted octanol–water partition coefficient (Wildman–Crippen LogP) is 5.13. The van der Waals surface area contributed by atoms with Crippen molar-refractivity contribution < 1.29 is 9.72 Å². The van der Waals surface area contributed by atoms with E-state index in [0.717, 1.165) is 50.1 Å². The van der Waals surface area contributed by atoms with Gasteiger partial charge in [0.1, 0.15) is 5.92 Å². The van der Waals surface area contributed by atoms with Crippen molar-refractivity contribution >= 4 is 28.7 Å². The number of hydrogen-bond acceptors (Lipinski definition) is 6. The number of non-ortho nitro benzene ring substituents is 1. The smallest absolute Gasteiger partial charge is 0.269 e. The molecule has 1 atom stereocenters. The number of aliphatic imine (C=N–C) groups is 1. The topological polar surface area (TPSA) is 99.9 Å². The highest BCUT2D eigenvalue weighted by Gasteiger charge is 2.36. The maximum absolute atomic E-state index is 13.3. The van der Waals surface area contributed by atoms with Crippen molar-refractivity contribution in [1.82, 2.24) is 10.2 Å². The Hall–Kier alpha value is -3.88. The third-order valence-corrected chi connectivity index (χ3v) is 8.06. The van der Waals surface area contributed by atoms with Gasteiger partial charge in [0.25, 0.3) is 5.69 Å². The first-order valence-corrected chi connectivity index (χ1v) is 13.9. The molecule has 0 spiro atoms. The fourth-order valence-corrected chi connectivity index (χ4v) is 5.96. The summed E-state index contributed by atoms with van der Waals surface area (Å²) < 4.78 is 0. The Balaban J connectivity index is 1.34. The summed E-state index contributed by atoms with van der Waals surface area (Å²) in [6.45, 7) is 5.31. The average molecular weight is 524 g/mol. The molecular weight excluding hydrogens is 490 g/mol. The normalized spacial score (nSPS) is 19.0. The van der Waals surface area contributed by atoms with E-state index in [1.807, 2.05) is 18.2 Å². The van der Waals surface area contributed by atoms with Crippen molar-refractivity contribution in [2.75, 3.05) is 31.5 Å². The molecular formula is C31H33N5O3. The van der Waals surface area contributed by atoms with Crippen LogP contribution in [0.4, 0.5) is 17.1 Å². The van der Waals surface area contributed by atoms with E-state index in [1.54, 1.807) is 6.07 Å². The van der Waals surface area contributed by atoms with Crippen molar-refractivity contribution in [3.8, 4) is 0 Å². The van der Waals surface area contributed by atoms with Crippen LogP contribution in [0.15, 0.2) is 65.7 Å². The molecule has 0 bridgehead atoms. The molecule has 6 rings (SSSR count). The van der Waals surface area contributed by atoms with Gasteiger partial charge in [0.2, 0.25) is 5.91 Å². The Kier molecular flexibility index (Phi) is 7.22. The lowest BCUT2D eigenvalue weighted by Crippen LogP contribution is -2.23. The van der Waals surface area contributed by atoms with Gasteiger partial charge in [-0.05, 0) is 98.7 Å². The summed E-state index contributed by atoms with van der Waals surface area (Å²) in [7, 11) is 0. The van der Waals surface area contributed by atoms with Crippen molar-refractivity contribution in [3.05, 3.63) is 98.6 Å². The number of amides is 1. The first-order valence-electron chi connectivity index (χ1n) is 13.9. The number of nitro groups is 1. The second-order valence-corrected chi connectivity index (χ2v) is 10.7. The highest BCUT2D eigenvalue weighted by molar-refractivity contribution is 6.24. The van der Waals surface area contributed by atoms with Crippen LogP contribution in [0.25, 0.3) is 0 Å². The number of fused-ring (bicyclic) bond motifs is 2. The quantitative estimate of drug-likeness (QED) is 0.242. The Morgan fingerprint density at radius 3 is 2.64 bits per heavy atom. The Labute approximate surface area is 228 Å². The van der Waals surface area contributed by atoms with Crippen LogP contribution in [0.3, 0.4) is 0 Å². The number of hydrogen-bond donors (Lipinski definition) is 2. The number of rotatable bonds is 8. The largest absolute Gasteiger partial charge is 0.325 e. The molecule has 200 valence electrons. The number of nitro benzene ring substituents is 1. The molecule has 0 saturated carbocycles. The lowest BCUT2D eigenvalue weighted by Gasteiger charge is -2.18. The average Bonchev–Trinajstić information content (AvgIpc) is 3.59. The number of aryl methyl sites for hydroxylation is 1. The van der Waals surface area contributed by atoms with Crippen molar-refractivity contribution in [2.24, 2.45) is 4.99 Å². The summed E-state index contributed by atoms with van der Waals surface area (Å²) in [5, 5.41) is 17.8. The monoisotopic (exact) mass is 523 g/mol. The van der Waals surface area contributed by atoms with Crippen LogP contribution < -0.4 is 10.6 Å². The van der Waals surface area contributed by atoms with Crippen LogP contribution in [-0.2, 0) is 24.2 Å². The van der Waals surface area contributed by atoms with Crippen LogP contribution in [-0.4, -0.2) is 47.6 Å². The number of nitrogens with zero attached hydrogens (tertiary/aromatic N) is 3. The molecule has 0 aliphatic carbocycles. The standard InChI is InChI=1S/C31H33N5O3/c37-31-29(27-19-26(36(38)39)11-12-28(27)34-31)30(33-25-10-9-24-20-32-14-13-23(24)18-25)22-7-5-21(6-8-22)4-3-17-35-15-1-2-16-35/h5-12,18-19,29,32H,1-4,13-17,20H2,(H,34,37). The van der Waals surface area contributed by atoms with E-state index in [1.165, 1.54) is 54.8 Å². The van der Waals surface area contributed by atoms with Crippen molar-refractivity contribution in [3.63, 3.8) is 0 Å². The van der Waals surface area contributed by atoms with Gasteiger partial charge in [0.15, 0.2) is 0 Å². The molecule has 3 aliphatic heterocycles. The second-order valence-electron chi connectivity index (χ2n) is 10.7. The number of carbonyl (C=O) groups is 1. The molecule has 0 aromatic heterocycles. The minimum Gasteiger partial charge on any atom is -0.325 e. The summed E-state index contributed by atoms with van der Waals surface area (Å²) in [5.74, 6) is -0.959. The fraction of sp³-hybridized carbons (Fsp3) is 0.355. The Morgan fingerprint density at radius 1 is 1.03 bits per heavy atom. The first kappa shape index (κ1) is 25.4. The summed E-state index contributed by atoms with van der Waals surface area (Å²) >= 11 is 0. The lowest BCUT2D eigenvalue weighted by atomic mass is 9.89. The molecule has 1 amide bonds. The van der Waals surface area contributed by atoms with E-state index < -0.39 is 10.8 Å². The lowest BCUT2D eigenvalue weighted by molar-refractivity contribution is -0.384. The van der Waals surface area contributed by atoms with Crippen molar-refractivity contribution in [1.29, 1.82) is 0 Å². The minimum atomic E-state index is -0.737. The molecule has 2 N–H and O–H groups in total. The van der Waals surface area contributed by atoms with Gasteiger partial charge in [-0.25, -0.2) is 0 Å². The molecule has 1 unspecified atom stereocenters. The van der Waals surface area contributed by atoms with Gasteiger partial charge >= 0.3 is 0 Å². The number of anilines is 1. The zero-order valence-corrected chi connectivity index (χ0v) is 22.0.